The molecule has 0 N–H and O–H groups in total. The van der Waals surface area contributed by atoms with E-state index >= 15 is 0 Å². The predicted octanol–water partition coefficient (Wildman–Crippen LogP) is 2.50. The molecule has 1 heterocycles. The molecule has 0 unspecified atom stereocenters. The van der Waals surface area contributed by atoms with Crippen LogP contribution in [-0.4, -0.2) is 4.98 Å². The zero-order valence-electron chi connectivity index (χ0n) is 6.57. The maximum absolute atomic E-state index is 5.35. The van der Waals surface area contributed by atoms with Crippen molar-refractivity contribution in [2.24, 2.45) is 0 Å². The molecule has 0 spiro atoms. The van der Waals surface area contributed by atoms with Gasteiger partial charge in [0.25, 0.3) is 0 Å². The van der Waals surface area contributed by atoms with Crippen LogP contribution in [0.3, 0.4) is 0 Å². The predicted molar refractivity (Wildman–Crippen MR) is 49.4 cm³/mol. The second-order valence-electron chi connectivity index (χ2n) is 2.62. The van der Waals surface area contributed by atoms with Crippen LogP contribution in [-0.2, 0) is 0 Å². The molecule has 0 aliphatic rings. The first-order valence-electron chi connectivity index (χ1n) is 3.80. The van der Waals surface area contributed by atoms with Crippen molar-refractivity contribution in [1.82, 2.24) is 4.98 Å². The lowest BCUT2D eigenvalue weighted by molar-refractivity contribution is 1.26. The molecule has 1 aromatic heterocycles. The maximum Gasteiger partial charge on any atom is 0.0450 e. The van der Waals surface area contributed by atoms with Crippen molar-refractivity contribution in [3.63, 3.8) is 0 Å². The highest BCUT2D eigenvalue weighted by Crippen LogP contribution is 2.13. The fourth-order valence-electron chi connectivity index (χ4n) is 1.19. The quantitative estimate of drug-likeness (QED) is 0.615. The van der Waals surface area contributed by atoms with Crippen LogP contribution in [0.2, 0.25) is 0 Å². The van der Waals surface area contributed by atoms with Crippen LogP contribution in [0.5, 0.6) is 0 Å². The van der Waals surface area contributed by atoms with E-state index in [0.29, 0.717) is 0 Å². The van der Waals surface area contributed by atoms with Crippen LogP contribution < -0.4 is 0 Å². The molecule has 12 heavy (non-hydrogen) atoms. The molecule has 1 heteroatoms. The van der Waals surface area contributed by atoms with Gasteiger partial charge in [-0.2, -0.15) is 0 Å². The standard InChI is InChI=1S/C11H8N/c1-2-11-7-9-5-3-4-6-10(9)8-12-11/h1-8H. The first-order valence-corrected chi connectivity index (χ1v) is 3.80. The van der Waals surface area contributed by atoms with E-state index in [1.165, 1.54) is 11.8 Å². The van der Waals surface area contributed by atoms with E-state index in [-0.39, 0.29) is 0 Å². The van der Waals surface area contributed by atoms with Gasteiger partial charge in [0.1, 0.15) is 0 Å². The van der Waals surface area contributed by atoms with Crippen LogP contribution in [0, 0.1) is 13.3 Å². The number of hydrogen-bond donors (Lipinski definition) is 0. The van der Waals surface area contributed by atoms with Crippen molar-refractivity contribution in [3.05, 3.63) is 55.6 Å². The van der Waals surface area contributed by atoms with Gasteiger partial charge in [-0.3, -0.25) is 4.98 Å². The third kappa shape index (κ3) is 1.18. The molecule has 2 rings (SSSR count). The molecular weight excluding hydrogens is 146 g/mol. The van der Waals surface area contributed by atoms with Crippen LogP contribution >= 0.6 is 0 Å². The Morgan fingerprint density at radius 1 is 1.17 bits per heavy atom. The number of nitrogens with zero attached hydrogens (tertiary/aromatic N) is 1. The number of hydrogen-bond acceptors (Lipinski definition) is 1. The molecule has 0 bridgehead atoms. The van der Waals surface area contributed by atoms with Gasteiger partial charge in [0, 0.05) is 23.7 Å². The van der Waals surface area contributed by atoms with E-state index in [4.69, 9.17) is 6.92 Å². The molecule has 0 atom stereocenters. The Balaban J connectivity index is 2.67. The van der Waals surface area contributed by atoms with Crippen molar-refractivity contribution < 1.29 is 0 Å². The highest BCUT2D eigenvalue weighted by molar-refractivity contribution is 5.81. The topological polar surface area (TPSA) is 12.9 Å². The third-order valence-corrected chi connectivity index (χ3v) is 1.82. The van der Waals surface area contributed by atoms with Gasteiger partial charge in [-0.05, 0) is 18.4 Å². The van der Waals surface area contributed by atoms with Crippen molar-refractivity contribution in [2.45, 2.75) is 0 Å². The molecule has 0 saturated heterocycles. The van der Waals surface area contributed by atoms with Gasteiger partial charge >= 0.3 is 0 Å². The summed E-state index contributed by atoms with van der Waals surface area (Å²) in [7, 11) is 0. The number of rotatable bonds is 1. The minimum atomic E-state index is 0.814. The van der Waals surface area contributed by atoms with Gasteiger partial charge < -0.3 is 0 Å². The summed E-state index contributed by atoms with van der Waals surface area (Å²) in [6.45, 7) is 5.35. The summed E-state index contributed by atoms with van der Waals surface area (Å²) in [5.41, 5.74) is 0.814. The average molecular weight is 154 g/mol. The summed E-state index contributed by atoms with van der Waals surface area (Å²) in [5.74, 6) is 0. The van der Waals surface area contributed by atoms with E-state index in [0.717, 1.165) is 11.1 Å². The smallest absolute Gasteiger partial charge is 0.0450 e. The first-order chi connectivity index (χ1) is 5.90. The average Bonchev–Trinajstić information content (AvgIpc) is 2.17. The number of aromatic nitrogens is 1. The monoisotopic (exact) mass is 154 g/mol. The molecule has 0 aliphatic carbocycles. The van der Waals surface area contributed by atoms with E-state index in [1.807, 2.05) is 36.5 Å². The Bertz CT molecular complexity index is 393. The maximum atomic E-state index is 5.35. The molecule has 0 fully saturated rings. The molecule has 0 aliphatic heterocycles. The van der Waals surface area contributed by atoms with Gasteiger partial charge in [0.2, 0.25) is 0 Å². The molecule has 0 saturated carbocycles. The lowest BCUT2D eigenvalue weighted by Crippen LogP contribution is -1.83. The van der Waals surface area contributed by atoms with Gasteiger partial charge in [0.05, 0.1) is 0 Å². The number of fused-ring (bicyclic) bond motifs is 1. The van der Waals surface area contributed by atoms with Crippen LogP contribution in [0.1, 0.15) is 5.69 Å². The fourth-order valence-corrected chi connectivity index (χ4v) is 1.19. The van der Waals surface area contributed by atoms with E-state index in [1.54, 1.807) is 0 Å². The first kappa shape index (κ1) is 7.29. The van der Waals surface area contributed by atoms with Gasteiger partial charge in [-0.25, -0.2) is 0 Å². The van der Waals surface area contributed by atoms with Gasteiger partial charge in [0.15, 0.2) is 0 Å². The van der Waals surface area contributed by atoms with Crippen molar-refractivity contribution >= 4 is 10.8 Å². The normalized spacial score (nSPS) is 10.4. The summed E-state index contributed by atoms with van der Waals surface area (Å²) >= 11 is 0. The highest BCUT2D eigenvalue weighted by Gasteiger charge is 1.93. The molecule has 2 aromatic rings. The summed E-state index contributed by atoms with van der Waals surface area (Å²) < 4.78 is 0. The minimum Gasteiger partial charge on any atom is -0.260 e. The van der Waals surface area contributed by atoms with E-state index < -0.39 is 0 Å². The number of benzene rings is 1. The Hall–Kier alpha value is -1.37. The Morgan fingerprint density at radius 2 is 1.92 bits per heavy atom. The Labute approximate surface area is 72.1 Å². The fraction of sp³-hybridized carbons (Fsp3) is 0. The molecule has 1 nitrogen and oxygen atoms in total. The van der Waals surface area contributed by atoms with Crippen molar-refractivity contribution in [2.75, 3.05) is 0 Å². The molecule has 57 valence electrons. The number of pyridine rings is 1. The van der Waals surface area contributed by atoms with Crippen LogP contribution in [0.25, 0.3) is 10.8 Å². The van der Waals surface area contributed by atoms with Crippen molar-refractivity contribution in [3.8, 4) is 0 Å². The molecule has 0 amide bonds. The lowest BCUT2D eigenvalue weighted by atomic mass is 10.1. The summed E-state index contributed by atoms with van der Waals surface area (Å²) in [4.78, 5) is 4.14. The molecule has 1 aromatic carbocycles. The molecule has 3 radical (unpaired) electrons. The molecular formula is C11H8N. The van der Waals surface area contributed by atoms with E-state index in [2.05, 4.69) is 4.98 Å². The Kier molecular flexibility index (Phi) is 1.78. The van der Waals surface area contributed by atoms with Crippen LogP contribution in [0.4, 0.5) is 0 Å². The second-order valence-corrected chi connectivity index (χ2v) is 2.62. The Morgan fingerprint density at radius 3 is 2.67 bits per heavy atom. The summed E-state index contributed by atoms with van der Waals surface area (Å²) in [6.07, 6.45) is 3.33. The van der Waals surface area contributed by atoms with Crippen LogP contribution in [0.15, 0.2) is 36.5 Å². The SMILES string of the molecule is [CH][CH]c1cc2ccccc2cn1. The zero-order valence-corrected chi connectivity index (χ0v) is 6.57. The summed E-state index contributed by atoms with van der Waals surface area (Å²) in [6, 6.07) is 10.0. The largest absolute Gasteiger partial charge is 0.260 e. The van der Waals surface area contributed by atoms with Gasteiger partial charge in [-0.15, -0.1) is 0 Å². The van der Waals surface area contributed by atoms with Crippen molar-refractivity contribution in [1.29, 1.82) is 0 Å². The second kappa shape index (κ2) is 2.94. The summed E-state index contributed by atoms with van der Waals surface area (Å²) in [5, 5.41) is 2.31. The van der Waals surface area contributed by atoms with E-state index in [9.17, 15) is 0 Å². The minimum absolute atomic E-state index is 0.814. The third-order valence-electron chi connectivity index (χ3n) is 1.82. The lowest BCUT2D eigenvalue weighted by Gasteiger charge is -1.98. The zero-order chi connectivity index (χ0) is 8.39. The highest BCUT2D eigenvalue weighted by atomic mass is 14.7. The van der Waals surface area contributed by atoms with Gasteiger partial charge in [-0.1, -0.05) is 24.3 Å².